The molecule has 2 bridgehead atoms. The Labute approximate surface area is 161 Å². The van der Waals surface area contributed by atoms with Crippen molar-refractivity contribution in [1.82, 2.24) is 4.90 Å². The van der Waals surface area contributed by atoms with Crippen molar-refractivity contribution in [3.63, 3.8) is 0 Å². The number of carbonyl (C=O) groups is 2. The number of alkyl halides is 3. The van der Waals surface area contributed by atoms with Gasteiger partial charge in [-0.25, -0.2) is 0 Å². The van der Waals surface area contributed by atoms with Crippen molar-refractivity contribution in [2.75, 3.05) is 18.5 Å². The van der Waals surface area contributed by atoms with Gasteiger partial charge in [-0.3, -0.25) is 9.59 Å². The van der Waals surface area contributed by atoms with Crippen LogP contribution in [0.25, 0.3) is 0 Å². The maximum Gasteiger partial charge on any atom is 0.416 e. The summed E-state index contributed by atoms with van der Waals surface area (Å²) in [6.07, 6.45) is -1.41. The second-order valence-corrected chi connectivity index (χ2v) is 7.96. The molecule has 0 aromatic heterocycles. The van der Waals surface area contributed by atoms with E-state index in [1.165, 1.54) is 6.07 Å². The maximum absolute atomic E-state index is 12.8. The molecule has 28 heavy (non-hydrogen) atoms. The van der Waals surface area contributed by atoms with Crippen LogP contribution in [0.3, 0.4) is 0 Å². The first-order chi connectivity index (χ1) is 13.3. The molecule has 3 heterocycles. The molecule has 4 rings (SSSR count). The van der Waals surface area contributed by atoms with Crippen LogP contribution in [0.15, 0.2) is 18.2 Å². The van der Waals surface area contributed by atoms with E-state index in [0.717, 1.165) is 31.4 Å². The maximum atomic E-state index is 12.8. The molecule has 1 N–H and O–H groups in total. The highest BCUT2D eigenvalue weighted by atomic mass is 19.4. The van der Waals surface area contributed by atoms with Crippen LogP contribution in [-0.4, -0.2) is 42.0 Å². The van der Waals surface area contributed by atoms with Crippen molar-refractivity contribution in [2.24, 2.45) is 11.8 Å². The molecular formula is C20H23F3N2O3. The highest BCUT2D eigenvalue weighted by Crippen LogP contribution is 2.43. The highest BCUT2D eigenvalue weighted by Gasteiger charge is 2.52. The number of aryl methyl sites for hydroxylation is 1. The van der Waals surface area contributed by atoms with Crippen molar-refractivity contribution in [1.29, 1.82) is 0 Å². The van der Waals surface area contributed by atoms with E-state index in [0.29, 0.717) is 30.9 Å². The fraction of sp³-hybridized carbons (Fsp3) is 0.600. The number of ether oxygens (including phenoxy) is 1. The molecule has 152 valence electrons. The summed E-state index contributed by atoms with van der Waals surface area (Å²) < 4.78 is 43.8. The quantitative estimate of drug-likeness (QED) is 0.852. The van der Waals surface area contributed by atoms with Gasteiger partial charge < -0.3 is 15.0 Å². The van der Waals surface area contributed by atoms with Crippen molar-refractivity contribution < 1.29 is 27.5 Å². The number of rotatable bonds is 3. The van der Waals surface area contributed by atoms with Gasteiger partial charge in [0.25, 0.3) is 0 Å². The molecule has 3 aliphatic rings. The van der Waals surface area contributed by atoms with Crippen LogP contribution in [0.5, 0.6) is 0 Å². The zero-order chi connectivity index (χ0) is 20.1. The topological polar surface area (TPSA) is 58.6 Å². The number of benzene rings is 1. The molecule has 0 radical (unpaired) electrons. The van der Waals surface area contributed by atoms with Crippen LogP contribution >= 0.6 is 0 Å². The Hall–Kier alpha value is -2.09. The van der Waals surface area contributed by atoms with Crippen molar-refractivity contribution in [3.8, 4) is 0 Å². The van der Waals surface area contributed by atoms with Crippen molar-refractivity contribution in [2.45, 2.75) is 50.9 Å². The molecule has 0 saturated carbocycles. The third-order valence-electron chi connectivity index (χ3n) is 6.22. The molecule has 4 atom stereocenters. The lowest BCUT2D eigenvalue weighted by atomic mass is 9.88. The van der Waals surface area contributed by atoms with Crippen LogP contribution in [0.2, 0.25) is 0 Å². The molecular weight excluding hydrogens is 373 g/mol. The molecule has 1 aromatic carbocycles. The van der Waals surface area contributed by atoms with E-state index in [2.05, 4.69) is 5.32 Å². The second-order valence-electron chi connectivity index (χ2n) is 7.96. The largest absolute Gasteiger partial charge is 0.416 e. The fourth-order valence-corrected chi connectivity index (χ4v) is 4.76. The summed E-state index contributed by atoms with van der Waals surface area (Å²) >= 11 is 0. The summed E-state index contributed by atoms with van der Waals surface area (Å²) in [5, 5.41) is 2.78. The predicted molar refractivity (Wildman–Crippen MR) is 95.5 cm³/mol. The molecule has 8 heteroatoms. The summed E-state index contributed by atoms with van der Waals surface area (Å²) in [6, 6.07) is 3.24. The molecule has 3 saturated heterocycles. The van der Waals surface area contributed by atoms with E-state index >= 15 is 0 Å². The Morgan fingerprint density at radius 3 is 2.64 bits per heavy atom. The Morgan fingerprint density at radius 2 is 2.00 bits per heavy atom. The monoisotopic (exact) mass is 396 g/mol. The molecule has 0 spiro atoms. The SMILES string of the molecule is Cc1cc(C(F)(F)F)ccc1NC(=O)C1C[C@H]2CC[C@H]1N2C(=O)[C@H]1CCOC1. The van der Waals surface area contributed by atoms with Gasteiger partial charge in [0, 0.05) is 24.4 Å². The minimum absolute atomic E-state index is 0.0718. The van der Waals surface area contributed by atoms with Gasteiger partial charge in [0.1, 0.15) is 0 Å². The van der Waals surface area contributed by atoms with E-state index in [1.54, 1.807) is 6.92 Å². The molecule has 0 aliphatic carbocycles. The van der Waals surface area contributed by atoms with Crippen molar-refractivity contribution >= 4 is 17.5 Å². The summed E-state index contributed by atoms with van der Waals surface area (Å²) in [6.45, 7) is 2.58. The Bertz CT molecular complexity index is 789. The molecule has 3 fully saturated rings. The molecule has 1 unspecified atom stereocenters. The number of nitrogens with zero attached hydrogens (tertiary/aromatic N) is 1. The number of hydrogen-bond acceptors (Lipinski definition) is 3. The Kier molecular flexibility index (Phi) is 4.85. The van der Waals surface area contributed by atoms with Crippen LogP contribution < -0.4 is 5.32 Å². The first-order valence-corrected chi connectivity index (χ1v) is 9.64. The zero-order valence-corrected chi connectivity index (χ0v) is 15.6. The minimum atomic E-state index is -4.41. The lowest BCUT2D eigenvalue weighted by Crippen LogP contribution is -2.42. The van der Waals surface area contributed by atoms with Crippen molar-refractivity contribution in [3.05, 3.63) is 29.3 Å². The number of carbonyl (C=O) groups excluding carboxylic acids is 2. The molecule has 2 amide bonds. The van der Waals surface area contributed by atoms with Gasteiger partial charge in [-0.1, -0.05) is 0 Å². The zero-order valence-electron chi connectivity index (χ0n) is 15.6. The van der Waals surface area contributed by atoms with Gasteiger partial charge in [-0.2, -0.15) is 13.2 Å². The molecule has 3 aliphatic heterocycles. The average molecular weight is 396 g/mol. The van der Waals surface area contributed by atoms with Crippen LogP contribution in [0.4, 0.5) is 18.9 Å². The van der Waals surface area contributed by atoms with Gasteiger partial charge in [0.2, 0.25) is 11.8 Å². The third kappa shape index (κ3) is 3.38. The number of fused-ring (bicyclic) bond motifs is 2. The van der Waals surface area contributed by atoms with Crippen LogP contribution in [0.1, 0.15) is 36.8 Å². The minimum Gasteiger partial charge on any atom is -0.381 e. The first-order valence-electron chi connectivity index (χ1n) is 9.64. The van der Waals surface area contributed by atoms with Crippen LogP contribution in [0, 0.1) is 18.8 Å². The van der Waals surface area contributed by atoms with Crippen LogP contribution in [-0.2, 0) is 20.5 Å². The van der Waals surface area contributed by atoms with Gasteiger partial charge in [0.05, 0.1) is 24.0 Å². The first kappa shape index (κ1) is 19.2. The fourth-order valence-electron chi connectivity index (χ4n) is 4.76. The number of anilines is 1. The molecule has 1 aromatic rings. The van der Waals surface area contributed by atoms with Gasteiger partial charge in [-0.05, 0) is 56.4 Å². The van der Waals surface area contributed by atoms with Gasteiger partial charge >= 0.3 is 6.18 Å². The lowest BCUT2D eigenvalue weighted by Gasteiger charge is -2.26. The van der Waals surface area contributed by atoms with Gasteiger partial charge in [0.15, 0.2) is 0 Å². The Balaban J connectivity index is 1.45. The standard InChI is InChI=1S/C20H23F3N2O3/c1-11-8-13(20(21,22)23)2-4-16(11)24-18(26)15-9-14-3-5-17(15)25(14)19(27)12-6-7-28-10-12/h2,4,8,12,14-15,17H,3,5-7,9-10H2,1H3,(H,24,26)/t12-,14+,15?,17+/m0/s1. The highest BCUT2D eigenvalue weighted by molar-refractivity contribution is 5.95. The number of hydrogen-bond donors (Lipinski definition) is 1. The summed E-state index contributed by atoms with van der Waals surface area (Å²) in [5.41, 5.74) is 0.00341. The van der Waals surface area contributed by atoms with E-state index < -0.39 is 11.7 Å². The summed E-state index contributed by atoms with van der Waals surface area (Å²) in [5.74, 6) is -0.602. The lowest BCUT2D eigenvalue weighted by molar-refractivity contribution is -0.138. The number of halogens is 3. The summed E-state index contributed by atoms with van der Waals surface area (Å²) in [4.78, 5) is 27.5. The normalized spacial score (nSPS) is 29.4. The predicted octanol–water partition coefficient (Wildman–Crippen LogP) is 3.37. The van der Waals surface area contributed by atoms with E-state index in [4.69, 9.17) is 4.74 Å². The van der Waals surface area contributed by atoms with E-state index in [-0.39, 0.29) is 35.7 Å². The third-order valence-corrected chi connectivity index (χ3v) is 6.22. The van der Waals surface area contributed by atoms with E-state index in [1.807, 2.05) is 4.90 Å². The second kappa shape index (κ2) is 7.06. The average Bonchev–Trinajstić information content (AvgIpc) is 3.38. The Morgan fingerprint density at radius 1 is 1.21 bits per heavy atom. The summed E-state index contributed by atoms with van der Waals surface area (Å²) in [7, 11) is 0. The van der Waals surface area contributed by atoms with E-state index in [9.17, 15) is 22.8 Å². The number of nitrogens with one attached hydrogen (secondary N) is 1. The van der Waals surface area contributed by atoms with Gasteiger partial charge in [-0.15, -0.1) is 0 Å². The smallest absolute Gasteiger partial charge is 0.381 e. The number of amides is 2. The molecule has 5 nitrogen and oxygen atoms in total.